The Bertz CT molecular complexity index is 161. The summed E-state index contributed by atoms with van der Waals surface area (Å²) in [4.78, 5) is 11.2. The van der Waals surface area contributed by atoms with Crippen LogP contribution in [0.15, 0.2) is 0 Å². The van der Waals surface area contributed by atoms with Crippen LogP contribution < -0.4 is 0 Å². The Morgan fingerprint density at radius 2 is 2.17 bits per heavy atom. The zero-order valence-corrected chi connectivity index (χ0v) is 8.37. The second-order valence-electron chi connectivity index (χ2n) is 2.58. The largest absolute Gasteiger partial charge is 0.365 e. The first-order chi connectivity index (χ1) is 5.77. The van der Waals surface area contributed by atoms with E-state index in [9.17, 15) is 4.79 Å². The summed E-state index contributed by atoms with van der Waals surface area (Å²) in [6.45, 7) is 0.848. The predicted octanol–water partition coefficient (Wildman–Crippen LogP) is -0.196. The predicted molar refractivity (Wildman–Crippen MR) is 44.5 cm³/mol. The average Bonchev–Trinajstić information content (AvgIpc) is 2.47. The van der Waals surface area contributed by atoms with Crippen molar-refractivity contribution < 1.29 is 14.3 Å². The van der Waals surface area contributed by atoms with E-state index in [-0.39, 0.29) is 11.8 Å². The fraction of sp³-hybridized carbons (Fsp3) is 0.857. The van der Waals surface area contributed by atoms with Crippen LogP contribution in [0, 0.1) is 0 Å². The topological polar surface area (TPSA) is 38.8 Å². The number of amides is 1. The van der Waals surface area contributed by atoms with Crippen molar-refractivity contribution in [2.75, 3.05) is 20.8 Å². The fourth-order valence-corrected chi connectivity index (χ4v) is 2.12. The van der Waals surface area contributed by atoms with E-state index in [1.54, 1.807) is 18.8 Å². The second-order valence-corrected chi connectivity index (χ2v) is 3.85. The minimum Gasteiger partial charge on any atom is -0.365 e. The summed E-state index contributed by atoms with van der Waals surface area (Å²) in [7, 11) is 3.47. The quantitative estimate of drug-likeness (QED) is 0.452. The lowest BCUT2D eigenvalue weighted by Crippen LogP contribution is -2.38. The molecule has 0 aromatic rings. The molecule has 0 bridgehead atoms. The maximum Gasteiger partial charge on any atom is 0.256 e. The first kappa shape index (κ1) is 9.69. The van der Waals surface area contributed by atoms with E-state index in [2.05, 4.69) is 0 Å². The number of hydrogen-bond donors (Lipinski definition) is 0. The third kappa shape index (κ3) is 2.30. The summed E-state index contributed by atoms with van der Waals surface area (Å²) in [6, 6.07) is 0. The first-order valence-electron chi connectivity index (χ1n) is 3.90. The van der Waals surface area contributed by atoms with Crippen LogP contribution in [0.1, 0.15) is 12.8 Å². The van der Waals surface area contributed by atoms with Crippen LogP contribution in [0.5, 0.6) is 0 Å². The minimum atomic E-state index is -0.257. The Morgan fingerprint density at radius 3 is 2.58 bits per heavy atom. The number of nitrogens with zero attached hydrogens (tertiary/aromatic N) is 1. The molecule has 68 valence electrons. The Balaban J connectivity index is 2.33. The SMILES string of the molecule is COC(OC)[Si]N1CCCC1=O. The van der Waals surface area contributed by atoms with Crippen molar-refractivity contribution in [2.45, 2.75) is 18.8 Å². The molecule has 0 N–H and O–H groups in total. The fourth-order valence-electron chi connectivity index (χ4n) is 1.11. The maximum atomic E-state index is 11.2. The van der Waals surface area contributed by atoms with Crippen molar-refractivity contribution in [3.63, 3.8) is 0 Å². The van der Waals surface area contributed by atoms with Crippen LogP contribution in [0.2, 0.25) is 0 Å². The van der Waals surface area contributed by atoms with Gasteiger partial charge in [-0.2, -0.15) is 0 Å². The van der Waals surface area contributed by atoms with Gasteiger partial charge in [-0.05, 0) is 6.42 Å². The molecule has 1 rings (SSSR count). The number of hydrogen-bond acceptors (Lipinski definition) is 3. The number of ether oxygens (including phenoxy) is 2. The Hall–Kier alpha value is -0.393. The van der Waals surface area contributed by atoms with E-state index in [0.29, 0.717) is 16.1 Å². The lowest BCUT2D eigenvalue weighted by molar-refractivity contribution is -0.124. The number of carbonyl (C=O) groups excluding carboxylic acids is 1. The molecular weight excluding hydrogens is 174 g/mol. The summed E-state index contributed by atoms with van der Waals surface area (Å²) in [6.07, 6.45) is 1.64. The average molecular weight is 187 g/mol. The molecular formula is C7H13NO3Si. The van der Waals surface area contributed by atoms with Gasteiger partial charge in [0.1, 0.15) is 0 Å². The molecule has 0 aromatic heterocycles. The van der Waals surface area contributed by atoms with Crippen molar-refractivity contribution in [3.8, 4) is 0 Å². The first-order valence-corrected chi connectivity index (χ1v) is 4.92. The molecule has 0 aliphatic carbocycles. The van der Waals surface area contributed by atoms with Gasteiger partial charge in [0.25, 0.3) is 9.68 Å². The van der Waals surface area contributed by atoms with Gasteiger partial charge in [-0.15, -0.1) is 0 Å². The van der Waals surface area contributed by atoms with Gasteiger partial charge in [-0.25, -0.2) is 0 Å². The summed E-state index contributed by atoms with van der Waals surface area (Å²) in [5.41, 5.74) is 0. The van der Waals surface area contributed by atoms with E-state index in [1.807, 2.05) is 0 Å². The monoisotopic (exact) mass is 187 g/mol. The van der Waals surface area contributed by atoms with Crippen molar-refractivity contribution >= 4 is 15.6 Å². The van der Waals surface area contributed by atoms with Crippen molar-refractivity contribution in [3.05, 3.63) is 0 Å². The third-order valence-corrected chi connectivity index (χ3v) is 3.23. The second kappa shape index (κ2) is 4.59. The van der Waals surface area contributed by atoms with Crippen LogP contribution in [-0.4, -0.2) is 46.8 Å². The van der Waals surface area contributed by atoms with Crippen LogP contribution in [0.4, 0.5) is 0 Å². The summed E-state index contributed by atoms with van der Waals surface area (Å²) < 4.78 is 11.8. The molecule has 1 saturated heterocycles. The minimum absolute atomic E-state index is 0.215. The molecule has 1 heterocycles. The van der Waals surface area contributed by atoms with Crippen LogP contribution >= 0.6 is 0 Å². The standard InChI is InChI=1S/C7H13NO3Si/c1-10-7(11-2)12-8-5-3-4-6(8)9/h7H,3-5H2,1-2H3. The van der Waals surface area contributed by atoms with E-state index in [1.165, 1.54) is 0 Å². The molecule has 1 amide bonds. The molecule has 2 radical (unpaired) electrons. The highest BCUT2D eigenvalue weighted by molar-refractivity contribution is 6.38. The number of methoxy groups -OCH3 is 2. The molecule has 0 aromatic carbocycles. The molecule has 0 atom stereocenters. The highest BCUT2D eigenvalue weighted by Crippen LogP contribution is 2.09. The molecule has 0 spiro atoms. The molecule has 0 saturated carbocycles. The van der Waals surface area contributed by atoms with Gasteiger partial charge >= 0.3 is 0 Å². The van der Waals surface area contributed by atoms with Crippen molar-refractivity contribution in [1.82, 2.24) is 4.57 Å². The van der Waals surface area contributed by atoms with Gasteiger partial charge in [0, 0.05) is 27.2 Å². The Labute approximate surface area is 74.7 Å². The van der Waals surface area contributed by atoms with Gasteiger partial charge in [0.2, 0.25) is 5.91 Å². The van der Waals surface area contributed by atoms with E-state index < -0.39 is 0 Å². The maximum absolute atomic E-state index is 11.2. The number of carbonyl (C=O) groups is 1. The summed E-state index contributed by atoms with van der Waals surface area (Å²) >= 11 is 0. The molecule has 4 nitrogen and oxygen atoms in total. The van der Waals surface area contributed by atoms with Gasteiger partial charge < -0.3 is 14.0 Å². The van der Waals surface area contributed by atoms with Gasteiger partial charge in [0.15, 0.2) is 5.91 Å². The molecule has 0 unspecified atom stereocenters. The van der Waals surface area contributed by atoms with E-state index in [0.717, 1.165) is 13.0 Å². The zero-order valence-electron chi connectivity index (χ0n) is 7.37. The lowest BCUT2D eigenvalue weighted by Gasteiger charge is -2.19. The van der Waals surface area contributed by atoms with Gasteiger partial charge in [-0.1, -0.05) is 0 Å². The van der Waals surface area contributed by atoms with E-state index >= 15 is 0 Å². The molecule has 1 aliphatic heterocycles. The van der Waals surface area contributed by atoms with E-state index in [4.69, 9.17) is 9.47 Å². The smallest absolute Gasteiger partial charge is 0.256 e. The van der Waals surface area contributed by atoms with Crippen LogP contribution in [0.25, 0.3) is 0 Å². The van der Waals surface area contributed by atoms with Crippen LogP contribution in [-0.2, 0) is 14.3 Å². The van der Waals surface area contributed by atoms with Crippen LogP contribution in [0.3, 0.4) is 0 Å². The van der Waals surface area contributed by atoms with Crippen molar-refractivity contribution in [1.29, 1.82) is 0 Å². The Morgan fingerprint density at radius 1 is 1.50 bits per heavy atom. The highest BCUT2D eigenvalue weighted by atomic mass is 28.2. The summed E-state index contributed by atoms with van der Waals surface area (Å²) in [5, 5.41) is 0. The third-order valence-electron chi connectivity index (χ3n) is 1.76. The molecule has 12 heavy (non-hydrogen) atoms. The highest BCUT2D eigenvalue weighted by Gasteiger charge is 2.24. The van der Waals surface area contributed by atoms with Crippen molar-refractivity contribution in [2.24, 2.45) is 0 Å². The molecule has 1 fully saturated rings. The number of rotatable bonds is 4. The van der Waals surface area contributed by atoms with Gasteiger partial charge in [0.05, 0.1) is 0 Å². The summed E-state index contributed by atoms with van der Waals surface area (Å²) in [5.74, 6) is -0.0421. The normalized spacial score (nSPS) is 17.9. The molecule has 5 heteroatoms. The molecule has 1 aliphatic rings. The zero-order chi connectivity index (χ0) is 8.97. The van der Waals surface area contributed by atoms with Gasteiger partial charge in [-0.3, -0.25) is 4.79 Å². The lowest BCUT2D eigenvalue weighted by atomic mass is 10.4. The Kier molecular flexibility index (Phi) is 3.71.